The molecular formula is C20H14F3N3. The molecule has 2 aromatic carbocycles. The van der Waals surface area contributed by atoms with Crippen LogP contribution >= 0.6 is 0 Å². The molecule has 5 rings (SSSR count). The van der Waals surface area contributed by atoms with E-state index in [0.29, 0.717) is 11.3 Å². The Morgan fingerprint density at radius 1 is 1.00 bits per heavy atom. The van der Waals surface area contributed by atoms with Crippen molar-refractivity contribution in [3.05, 3.63) is 60.4 Å². The van der Waals surface area contributed by atoms with Gasteiger partial charge in [0.05, 0.1) is 16.6 Å². The maximum absolute atomic E-state index is 13.1. The van der Waals surface area contributed by atoms with E-state index in [1.807, 2.05) is 24.3 Å². The van der Waals surface area contributed by atoms with E-state index < -0.39 is 11.7 Å². The van der Waals surface area contributed by atoms with Gasteiger partial charge in [0.15, 0.2) is 0 Å². The van der Waals surface area contributed by atoms with Crippen molar-refractivity contribution in [2.45, 2.75) is 25.1 Å². The lowest BCUT2D eigenvalue weighted by atomic mass is 10.1. The first-order valence-corrected chi connectivity index (χ1v) is 8.45. The fraction of sp³-hybridized carbons (Fsp3) is 0.200. The molecule has 6 heteroatoms. The Hall–Kier alpha value is -2.89. The molecule has 1 aliphatic rings. The van der Waals surface area contributed by atoms with Crippen LogP contribution in [0.15, 0.2) is 54.9 Å². The van der Waals surface area contributed by atoms with E-state index in [4.69, 9.17) is 0 Å². The lowest BCUT2D eigenvalue weighted by Crippen LogP contribution is -2.04. The van der Waals surface area contributed by atoms with E-state index in [0.717, 1.165) is 46.8 Å². The summed E-state index contributed by atoms with van der Waals surface area (Å²) in [7, 11) is 0. The Bertz CT molecular complexity index is 1130. The third kappa shape index (κ3) is 2.36. The number of benzene rings is 2. The second-order valence-electron chi connectivity index (χ2n) is 6.65. The van der Waals surface area contributed by atoms with Gasteiger partial charge >= 0.3 is 6.18 Å². The minimum Gasteiger partial charge on any atom is -0.321 e. The van der Waals surface area contributed by atoms with Gasteiger partial charge in [0.25, 0.3) is 0 Å². The monoisotopic (exact) mass is 353 g/mol. The second kappa shape index (κ2) is 5.30. The molecule has 2 heterocycles. The summed E-state index contributed by atoms with van der Waals surface area (Å²) >= 11 is 0. The molecule has 0 atom stereocenters. The van der Waals surface area contributed by atoms with Crippen LogP contribution in [0, 0.1) is 0 Å². The van der Waals surface area contributed by atoms with E-state index in [1.165, 1.54) is 6.07 Å². The average molecular weight is 353 g/mol. The number of halogens is 3. The van der Waals surface area contributed by atoms with Gasteiger partial charge in [-0.05, 0) is 36.4 Å². The van der Waals surface area contributed by atoms with Crippen molar-refractivity contribution in [3.63, 3.8) is 0 Å². The van der Waals surface area contributed by atoms with Gasteiger partial charge in [-0.25, -0.2) is 4.98 Å². The van der Waals surface area contributed by atoms with Crippen molar-refractivity contribution in [1.29, 1.82) is 0 Å². The number of alkyl halides is 3. The molecule has 0 N–H and O–H groups in total. The molecule has 1 fully saturated rings. The smallest absolute Gasteiger partial charge is 0.321 e. The first kappa shape index (κ1) is 15.4. The minimum absolute atomic E-state index is 0.283. The third-order valence-corrected chi connectivity index (χ3v) is 4.84. The van der Waals surface area contributed by atoms with Crippen molar-refractivity contribution in [2.75, 3.05) is 0 Å². The van der Waals surface area contributed by atoms with E-state index >= 15 is 0 Å². The van der Waals surface area contributed by atoms with Crippen molar-refractivity contribution in [2.24, 2.45) is 0 Å². The zero-order chi connectivity index (χ0) is 17.9. The molecule has 4 aromatic rings. The van der Waals surface area contributed by atoms with E-state index in [1.54, 1.807) is 12.4 Å². The van der Waals surface area contributed by atoms with Gasteiger partial charge in [0, 0.05) is 29.4 Å². The molecule has 0 aliphatic heterocycles. The molecule has 0 unspecified atom stereocenters. The molecule has 3 nitrogen and oxygen atoms in total. The molecule has 26 heavy (non-hydrogen) atoms. The number of imidazole rings is 1. The highest BCUT2D eigenvalue weighted by Gasteiger charge is 2.33. The number of fused-ring (bicyclic) bond motifs is 2. The van der Waals surface area contributed by atoms with Crippen molar-refractivity contribution in [3.8, 4) is 11.4 Å². The third-order valence-electron chi connectivity index (χ3n) is 4.84. The molecule has 130 valence electrons. The van der Waals surface area contributed by atoms with Gasteiger partial charge in [-0.1, -0.05) is 24.3 Å². The second-order valence-corrected chi connectivity index (χ2v) is 6.65. The summed E-state index contributed by atoms with van der Waals surface area (Å²) in [5.41, 5.74) is 1.28. The first-order valence-electron chi connectivity index (χ1n) is 8.45. The number of nitrogens with zero attached hydrogens (tertiary/aromatic N) is 3. The molecule has 2 aromatic heterocycles. The van der Waals surface area contributed by atoms with Crippen LogP contribution in [0.25, 0.3) is 33.2 Å². The Morgan fingerprint density at radius 2 is 1.81 bits per heavy atom. The highest BCUT2D eigenvalue weighted by atomic mass is 19.4. The predicted molar refractivity (Wildman–Crippen MR) is 93.7 cm³/mol. The molecule has 1 aliphatic carbocycles. The molecule has 0 radical (unpaired) electrons. The van der Waals surface area contributed by atoms with Crippen LogP contribution in [0.4, 0.5) is 13.2 Å². The largest absolute Gasteiger partial charge is 0.416 e. The number of pyridine rings is 1. The summed E-state index contributed by atoms with van der Waals surface area (Å²) in [4.78, 5) is 8.90. The van der Waals surface area contributed by atoms with Crippen LogP contribution in [0.1, 0.15) is 24.4 Å². The summed E-state index contributed by atoms with van der Waals surface area (Å²) in [6.45, 7) is 0. The molecule has 0 bridgehead atoms. The fourth-order valence-corrected chi connectivity index (χ4v) is 3.46. The van der Waals surface area contributed by atoms with E-state index in [9.17, 15) is 13.2 Å². The summed E-state index contributed by atoms with van der Waals surface area (Å²) in [6.07, 6.45) is 1.17. The van der Waals surface area contributed by atoms with Crippen LogP contribution in [0.3, 0.4) is 0 Å². The number of aromatic nitrogens is 3. The fourth-order valence-electron chi connectivity index (χ4n) is 3.46. The summed E-state index contributed by atoms with van der Waals surface area (Å²) in [5.74, 6) is 0.686. The Balaban J connectivity index is 1.80. The summed E-state index contributed by atoms with van der Waals surface area (Å²) in [5, 5.41) is 1.98. The SMILES string of the molecule is FC(F)(F)c1ccc2c(c1)nc(-c1cncc3ccccc13)n2C1CC1. The quantitative estimate of drug-likeness (QED) is 0.469. The van der Waals surface area contributed by atoms with Crippen molar-refractivity contribution < 1.29 is 13.2 Å². The van der Waals surface area contributed by atoms with E-state index in [2.05, 4.69) is 14.5 Å². The van der Waals surface area contributed by atoms with Gasteiger partial charge in [-0.3, -0.25) is 4.98 Å². The standard InChI is InChI=1S/C20H14F3N3/c21-20(22,23)13-5-8-18-17(9-13)25-19(26(18)14-6-7-14)16-11-24-10-12-3-1-2-4-15(12)16/h1-5,8-11,14H,6-7H2. The molecular weight excluding hydrogens is 339 g/mol. The van der Waals surface area contributed by atoms with Crippen LogP contribution in [0.2, 0.25) is 0 Å². The van der Waals surface area contributed by atoms with Crippen molar-refractivity contribution in [1.82, 2.24) is 14.5 Å². The van der Waals surface area contributed by atoms with Crippen molar-refractivity contribution >= 4 is 21.8 Å². The van der Waals surface area contributed by atoms with Crippen LogP contribution in [-0.4, -0.2) is 14.5 Å². The van der Waals surface area contributed by atoms with Crippen LogP contribution < -0.4 is 0 Å². The molecule has 0 spiro atoms. The maximum atomic E-state index is 13.1. The number of hydrogen-bond acceptors (Lipinski definition) is 2. The average Bonchev–Trinajstić information content (AvgIpc) is 3.39. The zero-order valence-corrected chi connectivity index (χ0v) is 13.7. The van der Waals surface area contributed by atoms with Gasteiger partial charge < -0.3 is 4.57 Å². The lowest BCUT2D eigenvalue weighted by molar-refractivity contribution is -0.137. The maximum Gasteiger partial charge on any atom is 0.416 e. The minimum atomic E-state index is -4.38. The van der Waals surface area contributed by atoms with Gasteiger partial charge in [0.2, 0.25) is 0 Å². The topological polar surface area (TPSA) is 30.7 Å². The number of hydrogen-bond donors (Lipinski definition) is 0. The molecule has 0 saturated heterocycles. The normalized spacial score (nSPS) is 15.0. The zero-order valence-electron chi connectivity index (χ0n) is 13.7. The summed E-state index contributed by atoms with van der Waals surface area (Å²) in [6, 6.07) is 11.9. The van der Waals surface area contributed by atoms with Crippen LogP contribution in [0.5, 0.6) is 0 Å². The van der Waals surface area contributed by atoms with Gasteiger partial charge in [-0.15, -0.1) is 0 Å². The lowest BCUT2D eigenvalue weighted by Gasteiger charge is -2.10. The Labute approximate surface area is 147 Å². The summed E-state index contributed by atoms with van der Waals surface area (Å²) < 4.78 is 41.3. The Morgan fingerprint density at radius 3 is 2.58 bits per heavy atom. The first-order chi connectivity index (χ1) is 12.5. The predicted octanol–water partition coefficient (Wildman–Crippen LogP) is 5.61. The van der Waals surface area contributed by atoms with Gasteiger partial charge in [-0.2, -0.15) is 13.2 Å². The van der Waals surface area contributed by atoms with Gasteiger partial charge in [0.1, 0.15) is 5.82 Å². The highest BCUT2D eigenvalue weighted by Crippen LogP contribution is 2.43. The number of rotatable bonds is 2. The molecule has 0 amide bonds. The van der Waals surface area contributed by atoms with Crippen LogP contribution in [-0.2, 0) is 6.18 Å². The molecule has 1 saturated carbocycles. The Kier molecular flexibility index (Phi) is 3.13. The van der Waals surface area contributed by atoms with E-state index in [-0.39, 0.29) is 6.04 Å². The highest BCUT2D eigenvalue weighted by molar-refractivity contribution is 5.96.